The van der Waals surface area contributed by atoms with E-state index < -0.39 is 0 Å². The number of rotatable bonds is 7. The summed E-state index contributed by atoms with van der Waals surface area (Å²) in [4.78, 5) is 36.1. The molecule has 2 heterocycles. The Morgan fingerprint density at radius 3 is 3.04 bits per heavy atom. The number of fused-ring (bicyclic) bond motifs is 1. The monoisotopic (exact) mass is 391 g/mol. The largest absolute Gasteiger partial charge is 0.355 e. The molecule has 1 atom stereocenters. The van der Waals surface area contributed by atoms with Gasteiger partial charge in [-0.2, -0.15) is 0 Å². The first-order valence-electron chi connectivity index (χ1n) is 9.27. The fraction of sp³-hybridized carbons (Fsp3) is 0.526. The number of aromatic nitrogens is 2. The van der Waals surface area contributed by atoms with Gasteiger partial charge in [0.1, 0.15) is 5.82 Å². The number of carbonyl (C=O) groups is 2. The summed E-state index contributed by atoms with van der Waals surface area (Å²) in [5, 5.41) is 3.65. The lowest BCUT2D eigenvalue weighted by Gasteiger charge is -2.32. The number of carbonyl (C=O) groups excluding carboxylic acids is 2. The van der Waals surface area contributed by atoms with E-state index in [-0.39, 0.29) is 17.7 Å². The van der Waals surface area contributed by atoms with Crippen LogP contribution >= 0.6 is 11.6 Å². The van der Waals surface area contributed by atoms with Gasteiger partial charge in [-0.15, -0.1) is 0 Å². The second kappa shape index (κ2) is 8.71. The molecule has 2 amide bonds. The third-order valence-corrected chi connectivity index (χ3v) is 5.08. The van der Waals surface area contributed by atoms with Crippen LogP contribution in [-0.4, -0.2) is 71.9 Å². The van der Waals surface area contributed by atoms with Crippen LogP contribution in [0.5, 0.6) is 0 Å². The van der Waals surface area contributed by atoms with Gasteiger partial charge in [0.2, 0.25) is 11.8 Å². The summed E-state index contributed by atoms with van der Waals surface area (Å²) in [6.45, 7) is 2.48. The Bertz CT molecular complexity index is 820. The summed E-state index contributed by atoms with van der Waals surface area (Å²) in [7, 11) is 3.95. The Hall–Kier alpha value is -2.12. The molecule has 2 aromatic rings. The molecule has 1 aromatic carbocycles. The second-order valence-corrected chi connectivity index (χ2v) is 7.70. The maximum atomic E-state index is 12.5. The minimum Gasteiger partial charge on any atom is -0.355 e. The zero-order valence-electron chi connectivity index (χ0n) is 15.8. The molecule has 0 radical (unpaired) electrons. The van der Waals surface area contributed by atoms with Crippen molar-refractivity contribution < 1.29 is 9.59 Å². The van der Waals surface area contributed by atoms with E-state index in [1.165, 1.54) is 0 Å². The van der Waals surface area contributed by atoms with E-state index in [1.54, 1.807) is 4.90 Å². The molecule has 7 nitrogen and oxygen atoms in total. The molecule has 0 saturated carbocycles. The zero-order valence-corrected chi connectivity index (χ0v) is 16.6. The van der Waals surface area contributed by atoms with Gasteiger partial charge >= 0.3 is 0 Å². The number of piperidine rings is 1. The predicted molar refractivity (Wildman–Crippen MR) is 106 cm³/mol. The number of hydrogen-bond acceptors (Lipinski definition) is 4. The Morgan fingerprint density at radius 2 is 2.26 bits per heavy atom. The number of hydrogen-bond donors (Lipinski definition) is 2. The van der Waals surface area contributed by atoms with Crippen LogP contribution < -0.4 is 5.32 Å². The minimum atomic E-state index is -0.139. The summed E-state index contributed by atoms with van der Waals surface area (Å²) in [5.41, 5.74) is 1.76. The Balaban J connectivity index is 1.48. The number of imidazole rings is 1. The van der Waals surface area contributed by atoms with Gasteiger partial charge < -0.3 is 20.1 Å². The number of likely N-dealkylation sites (tertiary alicyclic amines) is 1. The molecule has 3 rings (SSSR count). The standard InChI is InChI=1S/C19H26ClN5O2/c1-24(2)9-10-25-12-13(3-6-18(25)26)19(27)21-8-7-17-22-15-5-4-14(20)11-16(15)23-17/h4-5,11,13H,3,6-10,12H2,1-2H3,(H,21,27)(H,22,23). The number of H-pyrrole nitrogens is 1. The van der Waals surface area contributed by atoms with Crippen molar-refractivity contribution in [3.63, 3.8) is 0 Å². The van der Waals surface area contributed by atoms with E-state index >= 15 is 0 Å². The molecule has 0 spiro atoms. The van der Waals surface area contributed by atoms with Crippen LogP contribution in [0, 0.1) is 5.92 Å². The van der Waals surface area contributed by atoms with Crippen molar-refractivity contribution in [2.45, 2.75) is 19.3 Å². The van der Waals surface area contributed by atoms with Crippen molar-refractivity contribution in [1.82, 2.24) is 25.1 Å². The lowest BCUT2D eigenvalue weighted by atomic mass is 9.96. The summed E-state index contributed by atoms with van der Waals surface area (Å²) >= 11 is 5.99. The van der Waals surface area contributed by atoms with Crippen molar-refractivity contribution in [2.24, 2.45) is 5.92 Å². The molecule has 1 saturated heterocycles. The third-order valence-electron chi connectivity index (χ3n) is 4.84. The SMILES string of the molecule is CN(C)CCN1CC(C(=O)NCCc2nc3ccc(Cl)cc3[nH]2)CCC1=O. The van der Waals surface area contributed by atoms with Crippen LogP contribution in [0.2, 0.25) is 5.02 Å². The summed E-state index contributed by atoms with van der Waals surface area (Å²) in [6, 6.07) is 5.52. The molecule has 0 bridgehead atoms. The highest BCUT2D eigenvalue weighted by Crippen LogP contribution is 2.19. The molecule has 8 heteroatoms. The van der Waals surface area contributed by atoms with E-state index in [0.29, 0.717) is 43.9 Å². The van der Waals surface area contributed by atoms with Crippen LogP contribution in [0.1, 0.15) is 18.7 Å². The Kier molecular flexibility index (Phi) is 6.34. The number of nitrogens with one attached hydrogen (secondary N) is 2. The summed E-state index contributed by atoms with van der Waals surface area (Å²) in [6.07, 6.45) is 1.68. The highest BCUT2D eigenvalue weighted by atomic mass is 35.5. The topological polar surface area (TPSA) is 81.3 Å². The molecule has 1 aromatic heterocycles. The van der Waals surface area contributed by atoms with Gasteiger partial charge in [-0.05, 0) is 38.7 Å². The van der Waals surface area contributed by atoms with E-state index in [1.807, 2.05) is 37.2 Å². The number of likely N-dealkylation sites (N-methyl/N-ethyl adjacent to an activating group) is 1. The molecule has 1 aliphatic rings. The highest BCUT2D eigenvalue weighted by Gasteiger charge is 2.29. The van der Waals surface area contributed by atoms with Crippen LogP contribution in [0.25, 0.3) is 11.0 Å². The molecule has 27 heavy (non-hydrogen) atoms. The first-order valence-corrected chi connectivity index (χ1v) is 9.64. The average Bonchev–Trinajstić information content (AvgIpc) is 3.02. The molecule has 1 fully saturated rings. The molecule has 1 aliphatic heterocycles. The fourth-order valence-electron chi connectivity index (χ4n) is 3.27. The molecule has 2 N–H and O–H groups in total. The number of amides is 2. The maximum absolute atomic E-state index is 12.5. The quantitative estimate of drug-likeness (QED) is 0.752. The van der Waals surface area contributed by atoms with Gasteiger partial charge in [-0.1, -0.05) is 11.6 Å². The van der Waals surface area contributed by atoms with E-state index in [0.717, 1.165) is 23.4 Å². The van der Waals surface area contributed by atoms with Crippen molar-refractivity contribution in [1.29, 1.82) is 0 Å². The second-order valence-electron chi connectivity index (χ2n) is 7.26. The van der Waals surface area contributed by atoms with Crippen molar-refractivity contribution in [2.75, 3.05) is 40.3 Å². The number of halogens is 1. The molecular formula is C19H26ClN5O2. The molecule has 0 aliphatic carbocycles. The van der Waals surface area contributed by atoms with Crippen LogP contribution in [0.3, 0.4) is 0 Å². The fourth-order valence-corrected chi connectivity index (χ4v) is 3.44. The van der Waals surface area contributed by atoms with Gasteiger partial charge in [-0.3, -0.25) is 9.59 Å². The van der Waals surface area contributed by atoms with Crippen LogP contribution in [0.15, 0.2) is 18.2 Å². The van der Waals surface area contributed by atoms with Gasteiger partial charge in [0.25, 0.3) is 0 Å². The van der Waals surface area contributed by atoms with Gasteiger partial charge in [0.05, 0.1) is 17.0 Å². The zero-order chi connectivity index (χ0) is 19.4. The van der Waals surface area contributed by atoms with Crippen molar-refractivity contribution in [3.8, 4) is 0 Å². The summed E-state index contributed by atoms with van der Waals surface area (Å²) < 4.78 is 0. The lowest BCUT2D eigenvalue weighted by Crippen LogP contribution is -2.47. The first kappa shape index (κ1) is 19.6. The third kappa shape index (κ3) is 5.20. The van der Waals surface area contributed by atoms with E-state index in [4.69, 9.17) is 11.6 Å². The summed E-state index contributed by atoms with van der Waals surface area (Å²) in [5.74, 6) is 0.830. The van der Waals surface area contributed by atoms with Crippen molar-refractivity contribution >= 4 is 34.4 Å². The van der Waals surface area contributed by atoms with E-state index in [9.17, 15) is 9.59 Å². The van der Waals surface area contributed by atoms with E-state index in [2.05, 4.69) is 15.3 Å². The first-order chi connectivity index (χ1) is 12.9. The predicted octanol–water partition coefficient (Wildman–Crippen LogP) is 1.68. The van der Waals surface area contributed by atoms with Gasteiger partial charge in [-0.25, -0.2) is 4.98 Å². The van der Waals surface area contributed by atoms with Gasteiger partial charge in [0, 0.05) is 44.0 Å². The number of benzene rings is 1. The Morgan fingerprint density at radius 1 is 1.44 bits per heavy atom. The number of nitrogens with zero attached hydrogens (tertiary/aromatic N) is 3. The number of aromatic amines is 1. The lowest BCUT2D eigenvalue weighted by molar-refractivity contribution is -0.138. The highest BCUT2D eigenvalue weighted by molar-refractivity contribution is 6.31. The van der Waals surface area contributed by atoms with Crippen molar-refractivity contribution in [3.05, 3.63) is 29.0 Å². The van der Waals surface area contributed by atoms with Gasteiger partial charge in [0.15, 0.2) is 0 Å². The maximum Gasteiger partial charge on any atom is 0.224 e. The average molecular weight is 392 g/mol. The Labute approximate surface area is 164 Å². The minimum absolute atomic E-state index is 0.0107. The molecule has 146 valence electrons. The van der Waals surface area contributed by atoms with Crippen LogP contribution in [-0.2, 0) is 16.0 Å². The smallest absolute Gasteiger partial charge is 0.224 e. The molecular weight excluding hydrogens is 366 g/mol. The van der Waals surface area contributed by atoms with Crippen LogP contribution in [0.4, 0.5) is 0 Å². The normalized spacial score (nSPS) is 17.7. The molecule has 1 unspecified atom stereocenters.